The highest BCUT2D eigenvalue weighted by molar-refractivity contribution is 4.96. The molecular formula is C15H25NO3. The zero-order valence-corrected chi connectivity index (χ0v) is 11.7. The van der Waals surface area contributed by atoms with Crippen LogP contribution in [0.3, 0.4) is 0 Å². The topological polar surface area (TPSA) is 54.6 Å². The Morgan fingerprint density at radius 3 is 2.89 bits per heavy atom. The molecule has 1 saturated carbocycles. The van der Waals surface area contributed by atoms with Crippen LogP contribution in [-0.2, 0) is 11.3 Å². The smallest absolute Gasteiger partial charge is 0.129 e. The van der Waals surface area contributed by atoms with Gasteiger partial charge >= 0.3 is 0 Å². The van der Waals surface area contributed by atoms with Crippen molar-refractivity contribution in [1.82, 2.24) is 5.32 Å². The van der Waals surface area contributed by atoms with Crippen LogP contribution in [0, 0.1) is 0 Å². The molecule has 1 heterocycles. The summed E-state index contributed by atoms with van der Waals surface area (Å²) in [7, 11) is 0. The van der Waals surface area contributed by atoms with Gasteiger partial charge in [-0.05, 0) is 31.9 Å². The minimum atomic E-state index is -0.464. The molecule has 1 aliphatic rings. The first kappa shape index (κ1) is 14.6. The number of furan rings is 1. The van der Waals surface area contributed by atoms with Gasteiger partial charge in [-0.2, -0.15) is 0 Å². The van der Waals surface area contributed by atoms with E-state index in [4.69, 9.17) is 9.15 Å². The van der Waals surface area contributed by atoms with Crippen LogP contribution < -0.4 is 5.32 Å². The summed E-state index contributed by atoms with van der Waals surface area (Å²) in [6.07, 6.45) is 7.48. The molecular weight excluding hydrogens is 242 g/mol. The molecule has 2 rings (SSSR count). The molecule has 4 heteroatoms. The van der Waals surface area contributed by atoms with E-state index in [-0.39, 0.29) is 5.54 Å². The highest BCUT2D eigenvalue weighted by Gasteiger charge is 2.26. The summed E-state index contributed by atoms with van der Waals surface area (Å²) in [6, 6.07) is 3.70. The van der Waals surface area contributed by atoms with Gasteiger partial charge in [-0.25, -0.2) is 0 Å². The van der Waals surface area contributed by atoms with Crippen LogP contribution >= 0.6 is 0 Å². The summed E-state index contributed by atoms with van der Waals surface area (Å²) >= 11 is 0. The molecule has 0 aliphatic heterocycles. The monoisotopic (exact) mass is 267 g/mol. The lowest BCUT2D eigenvalue weighted by Crippen LogP contribution is -2.47. The molecule has 1 fully saturated rings. The second-order valence-corrected chi connectivity index (χ2v) is 5.75. The average molecular weight is 267 g/mol. The molecule has 0 bridgehead atoms. The maximum Gasteiger partial charge on any atom is 0.129 e. The molecule has 108 valence electrons. The Kier molecular flexibility index (Phi) is 5.43. The zero-order valence-electron chi connectivity index (χ0n) is 11.7. The van der Waals surface area contributed by atoms with Crippen molar-refractivity contribution in [3.05, 3.63) is 24.2 Å². The molecule has 1 aromatic heterocycles. The summed E-state index contributed by atoms with van der Waals surface area (Å²) in [5.74, 6) is 0.791. The molecule has 4 nitrogen and oxygen atoms in total. The Morgan fingerprint density at radius 1 is 1.42 bits per heavy atom. The molecule has 0 saturated heterocycles. The summed E-state index contributed by atoms with van der Waals surface area (Å²) in [5.41, 5.74) is 0.195. The molecule has 1 atom stereocenters. The predicted molar refractivity (Wildman–Crippen MR) is 73.9 cm³/mol. The van der Waals surface area contributed by atoms with Crippen LogP contribution in [0.2, 0.25) is 0 Å². The van der Waals surface area contributed by atoms with Crippen LogP contribution in [0.5, 0.6) is 0 Å². The molecule has 1 unspecified atom stereocenters. The average Bonchev–Trinajstić information content (AvgIpc) is 2.91. The van der Waals surface area contributed by atoms with E-state index in [1.54, 1.807) is 6.26 Å². The maximum absolute atomic E-state index is 9.90. The fraction of sp³-hybridized carbons (Fsp3) is 0.733. The van der Waals surface area contributed by atoms with Gasteiger partial charge in [-0.1, -0.05) is 19.3 Å². The van der Waals surface area contributed by atoms with Crippen LogP contribution in [-0.4, -0.2) is 29.9 Å². The predicted octanol–water partition coefficient (Wildman–Crippen LogP) is 2.47. The van der Waals surface area contributed by atoms with Crippen molar-refractivity contribution in [3.63, 3.8) is 0 Å². The molecule has 2 N–H and O–H groups in total. The van der Waals surface area contributed by atoms with Crippen molar-refractivity contribution in [1.29, 1.82) is 0 Å². The van der Waals surface area contributed by atoms with Gasteiger partial charge in [-0.15, -0.1) is 0 Å². The van der Waals surface area contributed by atoms with E-state index in [9.17, 15) is 5.11 Å². The number of ether oxygens (including phenoxy) is 1. The Balaban J connectivity index is 1.60. The number of aliphatic hydroxyl groups excluding tert-OH is 1. The van der Waals surface area contributed by atoms with Gasteiger partial charge in [0.1, 0.15) is 12.4 Å². The van der Waals surface area contributed by atoms with Gasteiger partial charge in [0.05, 0.1) is 19.0 Å². The molecule has 1 aliphatic carbocycles. The van der Waals surface area contributed by atoms with Gasteiger partial charge in [0.15, 0.2) is 0 Å². The van der Waals surface area contributed by atoms with Crippen molar-refractivity contribution in [3.8, 4) is 0 Å². The van der Waals surface area contributed by atoms with Crippen molar-refractivity contribution in [2.45, 2.75) is 57.3 Å². The van der Waals surface area contributed by atoms with E-state index >= 15 is 0 Å². The van der Waals surface area contributed by atoms with Crippen molar-refractivity contribution in [2.75, 3.05) is 13.2 Å². The molecule has 19 heavy (non-hydrogen) atoms. The Bertz CT molecular complexity index is 344. The summed E-state index contributed by atoms with van der Waals surface area (Å²) in [5, 5.41) is 13.4. The third kappa shape index (κ3) is 4.97. The lowest BCUT2D eigenvalue weighted by Gasteiger charge is -2.35. The Morgan fingerprint density at radius 2 is 2.21 bits per heavy atom. The van der Waals surface area contributed by atoms with Crippen molar-refractivity contribution >= 4 is 0 Å². The lowest BCUT2D eigenvalue weighted by molar-refractivity contribution is 0.0181. The van der Waals surface area contributed by atoms with Gasteiger partial charge < -0.3 is 19.6 Å². The van der Waals surface area contributed by atoms with E-state index in [2.05, 4.69) is 12.2 Å². The molecule has 0 aromatic carbocycles. The number of hydrogen-bond donors (Lipinski definition) is 2. The second-order valence-electron chi connectivity index (χ2n) is 5.75. The first-order valence-corrected chi connectivity index (χ1v) is 7.21. The molecule has 0 amide bonds. The SMILES string of the molecule is CC1(NCC(O)COCc2ccco2)CCCCC1. The Labute approximate surface area is 115 Å². The highest BCUT2D eigenvalue weighted by Crippen LogP contribution is 2.27. The largest absolute Gasteiger partial charge is 0.467 e. The lowest BCUT2D eigenvalue weighted by atomic mass is 9.83. The van der Waals surface area contributed by atoms with Crippen LogP contribution in [0.1, 0.15) is 44.8 Å². The van der Waals surface area contributed by atoms with Crippen molar-refractivity contribution < 1.29 is 14.3 Å². The fourth-order valence-electron chi connectivity index (χ4n) is 2.62. The van der Waals surface area contributed by atoms with Gasteiger partial charge in [-0.3, -0.25) is 0 Å². The molecule has 0 spiro atoms. The number of hydrogen-bond acceptors (Lipinski definition) is 4. The third-order valence-electron chi connectivity index (χ3n) is 3.86. The number of rotatable bonds is 7. The van der Waals surface area contributed by atoms with Crippen molar-refractivity contribution in [2.24, 2.45) is 0 Å². The van der Waals surface area contributed by atoms with Crippen LogP contribution in [0.25, 0.3) is 0 Å². The minimum Gasteiger partial charge on any atom is -0.467 e. The maximum atomic E-state index is 9.90. The standard InChI is InChI=1S/C15H25NO3/c1-15(7-3-2-4-8-15)16-10-13(17)11-18-12-14-6-5-9-19-14/h5-6,9,13,16-17H,2-4,7-8,10-12H2,1H3. The second kappa shape index (κ2) is 7.08. The van der Waals surface area contributed by atoms with Crippen LogP contribution in [0.4, 0.5) is 0 Å². The van der Waals surface area contributed by atoms with Gasteiger partial charge in [0, 0.05) is 12.1 Å². The van der Waals surface area contributed by atoms with Crippen LogP contribution in [0.15, 0.2) is 22.8 Å². The molecule has 0 radical (unpaired) electrons. The number of β-amino-alcohol motifs (C(OH)–C–C–N with tert-alkyl or cyclic N) is 1. The van der Waals surface area contributed by atoms with Gasteiger partial charge in [0.2, 0.25) is 0 Å². The van der Waals surface area contributed by atoms with Gasteiger partial charge in [0.25, 0.3) is 0 Å². The summed E-state index contributed by atoms with van der Waals surface area (Å²) < 4.78 is 10.6. The zero-order chi connectivity index (χ0) is 13.6. The fourth-order valence-corrected chi connectivity index (χ4v) is 2.62. The van der Waals surface area contributed by atoms with E-state index in [1.165, 1.54) is 32.1 Å². The number of aliphatic hydroxyl groups is 1. The van der Waals surface area contributed by atoms with E-state index in [0.717, 1.165) is 5.76 Å². The quantitative estimate of drug-likeness (QED) is 0.797. The minimum absolute atomic E-state index is 0.195. The first-order valence-electron chi connectivity index (χ1n) is 7.21. The first-order chi connectivity index (χ1) is 9.18. The summed E-state index contributed by atoms with van der Waals surface area (Å²) in [6.45, 7) is 3.60. The normalized spacial score (nSPS) is 20.3. The highest BCUT2D eigenvalue weighted by atomic mass is 16.5. The van der Waals surface area contributed by atoms with E-state index < -0.39 is 6.10 Å². The summed E-state index contributed by atoms with van der Waals surface area (Å²) in [4.78, 5) is 0. The van der Waals surface area contributed by atoms with E-state index in [1.807, 2.05) is 12.1 Å². The third-order valence-corrected chi connectivity index (χ3v) is 3.86. The number of nitrogens with one attached hydrogen (secondary N) is 1. The molecule has 1 aromatic rings. The Hall–Kier alpha value is -0.840. The van der Waals surface area contributed by atoms with E-state index in [0.29, 0.717) is 19.8 Å².